The highest BCUT2D eigenvalue weighted by molar-refractivity contribution is 6.73. The molecule has 30 heavy (non-hydrogen) atoms. The summed E-state index contributed by atoms with van der Waals surface area (Å²) >= 11 is 6.36. The maximum absolute atomic E-state index is 13.8. The molecule has 0 aromatic heterocycles. The third kappa shape index (κ3) is 4.62. The van der Waals surface area contributed by atoms with E-state index in [0.717, 1.165) is 48.9 Å². The fourth-order valence-corrected chi connectivity index (χ4v) is 8.66. The minimum Gasteiger partial charge on any atom is -0.409 e. The van der Waals surface area contributed by atoms with Crippen molar-refractivity contribution in [2.24, 2.45) is 17.3 Å². The highest BCUT2D eigenvalue weighted by atomic mass is 35.5. The number of fused-ring (bicyclic) bond motifs is 1. The van der Waals surface area contributed by atoms with Crippen molar-refractivity contribution in [3.05, 3.63) is 34.3 Å². The molecule has 1 N–H and O–H groups in total. The van der Waals surface area contributed by atoms with Crippen LogP contribution >= 0.6 is 11.6 Å². The molecule has 1 aromatic carbocycles. The quantitative estimate of drug-likeness (QED) is 0.385. The summed E-state index contributed by atoms with van der Waals surface area (Å²) in [5.41, 5.74) is -0.159. The zero-order valence-electron chi connectivity index (χ0n) is 18.7. The van der Waals surface area contributed by atoms with Gasteiger partial charge < -0.3 is 9.74 Å². The van der Waals surface area contributed by atoms with Crippen molar-refractivity contribution in [1.29, 1.82) is 0 Å². The van der Waals surface area contributed by atoms with Crippen LogP contribution in [0.25, 0.3) is 0 Å². The van der Waals surface area contributed by atoms with Gasteiger partial charge in [-0.25, -0.2) is 0 Å². The maximum Gasteiger partial charge on any atom is 0.416 e. The second kappa shape index (κ2) is 8.76. The third-order valence-corrected chi connectivity index (χ3v) is 12.9. The van der Waals surface area contributed by atoms with Crippen molar-refractivity contribution in [1.82, 2.24) is 5.32 Å². The Kier molecular flexibility index (Phi) is 7.03. The molecular weight excluding hydrogens is 427 g/mol. The van der Waals surface area contributed by atoms with Crippen LogP contribution < -0.4 is 5.32 Å². The average Bonchev–Trinajstić information content (AvgIpc) is 3.03. The van der Waals surface area contributed by atoms with E-state index in [0.29, 0.717) is 18.0 Å². The summed E-state index contributed by atoms with van der Waals surface area (Å²) < 4.78 is 48.1. The van der Waals surface area contributed by atoms with Crippen LogP contribution in [0.1, 0.15) is 64.7 Å². The van der Waals surface area contributed by atoms with Crippen LogP contribution in [-0.2, 0) is 10.6 Å². The van der Waals surface area contributed by atoms with Gasteiger partial charge in [0.15, 0.2) is 8.32 Å². The monoisotopic (exact) mass is 461 g/mol. The first-order valence-corrected chi connectivity index (χ1v) is 14.2. The molecule has 0 saturated heterocycles. The fraction of sp³-hybridized carbons (Fsp3) is 0.739. The number of halogens is 4. The van der Waals surface area contributed by atoms with Crippen molar-refractivity contribution >= 4 is 19.9 Å². The number of hydrogen-bond donors (Lipinski definition) is 1. The Hall–Kier alpha value is -0.563. The molecule has 0 radical (unpaired) electrons. The topological polar surface area (TPSA) is 21.3 Å². The smallest absolute Gasteiger partial charge is 0.409 e. The van der Waals surface area contributed by atoms with E-state index in [9.17, 15) is 13.2 Å². The predicted octanol–water partition coefficient (Wildman–Crippen LogP) is 7.45. The van der Waals surface area contributed by atoms with Gasteiger partial charge in [0, 0.05) is 23.2 Å². The van der Waals surface area contributed by atoms with Crippen LogP contribution in [0.3, 0.4) is 0 Å². The van der Waals surface area contributed by atoms with Gasteiger partial charge in [0.05, 0.1) is 11.7 Å². The molecule has 0 bridgehead atoms. The molecule has 2 saturated carbocycles. The Morgan fingerprint density at radius 1 is 1.13 bits per heavy atom. The Bertz CT molecular complexity index is 728. The Balaban J connectivity index is 1.85. The number of alkyl halides is 3. The van der Waals surface area contributed by atoms with Gasteiger partial charge in [-0.1, -0.05) is 52.3 Å². The molecule has 3 unspecified atom stereocenters. The normalized spacial score (nSPS) is 26.5. The van der Waals surface area contributed by atoms with Gasteiger partial charge in [0.25, 0.3) is 0 Å². The molecule has 3 rings (SSSR count). The molecule has 0 aliphatic heterocycles. The summed E-state index contributed by atoms with van der Waals surface area (Å²) in [5.74, 6) is 1.46. The van der Waals surface area contributed by atoms with Gasteiger partial charge in [-0.2, -0.15) is 13.2 Å². The average molecular weight is 462 g/mol. The van der Waals surface area contributed by atoms with Crippen LogP contribution in [0.4, 0.5) is 13.2 Å². The zero-order chi connectivity index (χ0) is 22.3. The molecule has 1 aromatic rings. The van der Waals surface area contributed by atoms with E-state index in [1.54, 1.807) is 6.07 Å². The lowest BCUT2D eigenvalue weighted by Gasteiger charge is -2.35. The van der Waals surface area contributed by atoms with Crippen molar-refractivity contribution < 1.29 is 17.6 Å². The summed E-state index contributed by atoms with van der Waals surface area (Å²) in [6, 6.07) is 7.02. The van der Waals surface area contributed by atoms with E-state index < -0.39 is 26.2 Å². The van der Waals surface area contributed by atoms with Gasteiger partial charge in [0.1, 0.15) is 0 Å². The van der Waals surface area contributed by atoms with Gasteiger partial charge in [-0.15, -0.1) is 0 Å². The molecule has 7 heteroatoms. The number of nitrogens with one attached hydrogen (secondary N) is 1. The van der Waals surface area contributed by atoms with Crippen molar-refractivity contribution in [2.75, 3.05) is 6.54 Å². The molecule has 2 aliphatic carbocycles. The minimum atomic E-state index is -4.46. The Morgan fingerprint density at radius 3 is 2.20 bits per heavy atom. The lowest BCUT2D eigenvalue weighted by atomic mass is 9.97. The van der Waals surface area contributed by atoms with Gasteiger partial charge >= 0.3 is 6.18 Å². The van der Waals surface area contributed by atoms with E-state index in [-0.39, 0.29) is 10.6 Å². The predicted molar refractivity (Wildman–Crippen MR) is 119 cm³/mol. The molecule has 2 nitrogen and oxygen atoms in total. The van der Waals surface area contributed by atoms with Crippen LogP contribution in [0, 0.1) is 17.3 Å². The van der Waals surface area contributed by atoms with Crippen LogP contribution in [-0.4, -0.2) is 20.9 Å². The molecule has 2 fully saturated rings. The van der Waals surface area contributed by atoms with E-state index in [1.165, 1.54) is 6.07 Å². The van der Waals surface area contributed by atoms with Crippen molar-refractivity contribution in [2.45, 2.75) is 83.9 Å². The summed E-state index contributed by atoms with van der Waals surface area (Å²) in [6.45, 7) is 11.3. The Morgan fingerprint density at radius 2 is 1.70 bits per heavy atom. The second-order valence-electron chi connectivity index (χ2n) is 9.66. The first kappa shape index (κ1) is 24.1. The second-order valence-corrected chi connectivity index (χ2v) is 14.8. The first-order valence-electron chi connectivity index (χ1n) is 11.3. The standard InChI is InChI=1S/C23H35ClF3NOSi/c1-6-30(7-2,8-3)29-20(14-28-15-12-17-18(13-15)22(17,4)5)21-16(23(25,26)27)10-9-11-19(21)24/h9-11,15,17-18,20,28H,6-8,12-14H2,1-5H3. The molecule has 0 spiro atoms. The van der Waals surface area contributed by atoms with Gasteiger partial charge in [-0.3, -0.25) is 0 Å². The molecular formula is C23H35ClF3NOSi. The third-order valence-electron chi connectivity index (χ3n) is 7.96. The SMILES string of the molecule is CC[Si](CC)(CC)OC(CNC1CC2C(C1)C2(C)C)c1c(Cl)cccc1C(F)(F)F. The summed E-state index contributed by atoms with van der Waals surface area (Å²) in [5, 5.41) is 3.69. The van der Waals surface area contributed by atoms with Crippen LogP contribution in [0.15, 0.2) is 18.2 Å². The van der Waals surface area contributed by atoms with Crippen LogP contribution in [0.2, 0.25) is 23.2 Å². The molecule has 3 atom stereocenters. The van der Waals surface area contributed by atoms with Crippen molar-refractivity contribution in [3.63, 3.8) is 0 Å². The number of benzene rings is 1. The summed E-state index contributed by atoms with van der Waals surface area (Å²) in [4.78, 5) is 0. The van der Waals surface area contributed by atoms with E-state index in [4.69, 9.17) is 16.0 Å². The summed E-state index contributed by atoms with van der Waals surface area (Å²) in [6.07, 6.45) is -2.96. The molecule has 2 aliphatic rings. The largest absolute Gasteiger partial charge is 0.416 e. The lowest BCUT2D eigenvalue weighted by molar-refractivity contribution is -0.139. The lowest BCUT2D eigenvalue weighted by Crippen LogP contribution is -2.42. The van der Waals surface area contributed by atoms with Crippen LogP contribution in [0.5, 0.6) is 0 Å². The number of rotatable bonds is 9. The highest BCUT2D eigenvalue weighted by Gasteiger charge is 2.61. The molecule has 0 heterocycles. The van der Waals surface area contributed by atoms with E-state index in [1.807, 2.05) is 0 Å². The van der Waals surface area contributed by atoms with Crippen molar-refractivity contribution in [3.8, 4) is 0 Å². The van der Waals surface area contributed by atoms with Gasteiger partial charge in [0.2, 0.25) is 0 Å². The van der Waals surface area contributed by atoms with E-state index in [2.05, 4.69) is 39.9 Å². The van der Waals surface area contributed by atoms with Gasteiger partial charge in [-0.05, 0) is 60.4 Å². The fourth-order valence-electron chi connectivity index (χ4n) is 5.56. The zero-order valence-corrected chi connectivity index (χ0v) is 20.5. The molecule has 170 valence electrons. The summed E-state index contributed by atoms with van der Waals surface area (Å²) in [7, 11) is -2.14. The molecule has 0 amide bonds. The number of hydrogen-bond acceptors (Lipinski definition) is 2. The highest BCUT2D eigenvalue weighted by Crippen LogP contribution is 2.66. The minimum absolute atomic E-state index is 0.0925. The maximum atomic E-state index is 13.8. The first-order chi connectivity index (χ1) is 14.0. The Labute approximate surface area is 185 Å². The van der Waals surface area contributed by atoms with E-state index >= 15 is 0 Å².